The maximum absolute atomic E-state index is 12.8. The molecule has 0 aromatic carbocycles. The first kappa shape index (κ1) is 25.1. The highest BCUT2D eigenvalue weighted by Crippen LogP contribution is 2.09. The zero-order valence-electron chi connectivity index (χ0n) is 17.4. The molecular weight excluding hydrogens is 394 g/mol. The maximum atomic E-state index is 12.8. The summed E-state index contributed by atoms with van der Waals surface area (Å²) in [4.78, 5) is 52.1. The third-order valence-corrected chi connectivity index (χ3v) is 4.62. The summed E-state index contributed by atoms with van der Waals surface area (Å²) in [5.74, 6) is -2.93. The van der Waals surface area contributed by atoms with E-state index in [0.29, 0.717) is 12.8 Å². The number of carboxylic acids is 1. The standard InChI is InChI=1S/C18H33N7O5/c1-10(2)14(25-16(29)11-5-3-7-21-11)17(30)24-12(6-4-8-22-18(19)20)15(28)23-9-13(26)27/h10-12,14,21H,3-9H2,1-2H3,(H,23,28)(H,24,30)(H,25,29)(H,26,27)(H4,19,20,22). The van der Waals surface area contributed by atoms with Crippen LogP contribution in [0.5, 0.6) is 0 Å². The number of carbonyl (C=O) groups excluding carboxylic acids is 3. The first-order chi connectivity index (χ1) is 14.1. The molecule has 30 heavy (non-hydrogen) atoms. The number of carboxylic acid groups (broad SMARTS) is 1. The molecule has 9 N–H and O–H groups in total. The van der Waals surface area contributed by atoms with Crippen molar-refractivity contribution in [3.05, 3.63) is 0 Å². The van der Waals surface area contributed by atoms with E-state index in [1.165, 1.54) is 0 Å². The molecule has 3 unspecified atom stereocenters. The molecule has 12 nitrogen and oxygen atoms in total. The summed E-state index contributed by atoms with van der Waals surface area (Å²) in [6, 6.07) is -2.17. The topological polar surface area (TPSA) is 201 Å². The van der Waals surface area contributed by atoms with Gasteiger partial charge in [-0.1, -0.05) is 13.8 Å². The van der Waals surface area contributed by atoms with Gasteiger partial charge in [0.1, 0.15) is 18.6 Å². The predicted octanol–water partition coefficient (Wildman–Crippen LogP) is -2.38. The van der Waals surface area contributed by atoms with Gasteiger partial charge in [0.15, 0.2) is 5.96 Å². The van der Waals surface area contributed by atoms with Crippen LogP contribution >= 0.6 is 0 Å². The molecule has 0 spiro atoms. The van der Waals surface area contributed by atoms with E-state index in [2.05, 4.69) is 26.3 Å². The van der Waals surface area contributed by atoms with Crippen LogP contribution in [0, 0.1) is 5.92 Å². The zero-order chi connectivity index (χ0) is 22.7. The second-order valence-corrected chi connectivity index (χ2v) is 7.50. The Kier molecular flexibility index (Phi) is 10.6. The van der Waals surface area contributed by atoms with E-state index in [0.717, 1.165) is 13.0 Å². The van der Waals surface area contributed by atoms with E-state index >= 15 is 0 Å². The second kappa shape index (κ2) is 12.6. The Bertz CT molecular complexity index is 643. The molecule has 12 heteroatoms. The molecule has 1 aliphatic heterocycles. The molecule has 170 valence electrons. The van der Waals surface area contributed by atoms with Crippen LogP contribution in [0.25, 0.3) is 0 Å². The van der Waals surface area contributed by atoms with Gasteiger partial charge in [0.2, 0.25) is 17.7 Å². The number of amides is 3. The first-order valence-corrected chi connectivity index (χ1v) is 10.0. The van der Waals surface area contributed by atoms with E-state index in [9.17, 15) is 19.2 Å². The summed E-state index contributed by atoms with van der Waals surface area (Å²) >= 11 is 0. The molecule has 0 aliphatic carbocycles. The van der Waals surface area contributed by atoms with Gasteiger partial charge in [-0.2, -0.15) is 0 Å². The smallest absolute Gasteiger partial charge is 0.322 e. The monoisotopic (exact) mass is 427 g/mol. The molecule has 1 saturated heterocycles. The van der Waals surface area contributed by atoms with Crippen LogP contribution in [0.15, 0.2) is 4.99 Å². The Balaban J connectivity index is 2.78. The molecule has 1 rings (SSSR count). The Morgan fingerprint density at radius 2 is 1.87 bits per heavy atom. The van der Waals surface area contributed by atoms with Gasteiger partial charge in [0, 0.05) is 6.54 Å². The van der Waals surface area contributed by atoms with Crippen LogP contribution in [0.4, 0.5) is 0 Å². The number of nitrogens with two attached hydrogens (primary N) is 2. The lowest BCUT2D eigenvalue weighted by atomic mass is 10.0. The molecule has 0 aromatic heterocycles. The number of nitrogens with zero attached hydrogens (tertiary/aromatic N) is 1. The number of hydrogen-bond acceptors (Lipinski definition) is 6. The van der Waals surface area contributed by atoms with E-state index in [1.54, 1.807) is 13.8 Å². The molecule has 0 aromatic rings. The molecule has 3 amide bonds. The third-order valence-electron chi connectivity index (χ3n) is 4.62. The molecule has 1 fully saturated rings. The van der Waals surface area contributed by atoms with Crippen molar-refractivity contribution in [2.45, 2.75) is 57.7 Å². The van der Waals surface area contributed by atoms with Crippen molar-refractivity contribution in [3.63, 3.8) is 0 Å². The van der Waals surface area contributed by atoms with Crippen LogP contribution in [0.3, 0.4) is 0 Å². The predicted molar refractivity (Wildman–Crippen MR) is 110 cm³/mol. The quantitative estimate of drug-likeness (QED) is 0.102. The highest BCUT2D eigenvalue weighted by molar-refractivity contribution is 5.93. The van der Waals surface area contributed by atoms with E-state index in [4.69, 9.17) is 16.6 Å². The SMILES string of the molecule is CC(C)C(NC(=O)C1CCCN1)C(=O)NC(CCCN=C(N)N)C(=O)NCC(=O)O. The number of hydrogen-bond donors (Lipinski definition) is 7. The minimum absolute atomic E-state index is 0.0889. The summed E-state index contributed by atoms with van der Waals surface area (Å²) in [7, 11) is 0. The Morgan fingerprint density at radius 1 is 1.17 bits per heavy atom. The summed E-state index contributed by atoms with van der Waals surface area (Å²) < 4.78 is 0. The van der Waals surface area contributed by atoms with Crippen molar-refractivity contribution in [1.29, 1.82) is 0 Å². The summed E-state index contributed by atoms with van der Waals surface area (Å²) in [6.45, 7) is 3.99. The number of nitrogens with one attached hydrogen (secondary N) is 4. The lowest BCUT2D eigenvalue weighted by molar-refractivity contribution is -0.138. The zero-order valence-corrected chi connectivity index (χ0v) is 17.4. The van der Waals surface area contributed by atoms with E-state index < -0.39 is 36.4 Å². The number of rotatable bonds is 12. The maximum Gasteiger partial charge on any atom is 0.322 e. The molecule has 1 heterocycles. The summed E-state index contributed by atoms with van der Waals surface area (Å²) in [6.07, 6.45) is 2.16. The number of aliphatic carboxylic acids is 1. The molecule has 1 aliphatic rings. The van der Waals surface area contributed by atoms with Gasteiger partial charge in [-0.25, -0.2) is 0 Å². The second-order valence-electron chi connectivity index (χ2n) is 7.50. The minimum Gasteiger partial charge on any atom is -0.480 e. The van der Waals surface area contributed by atoms with Crippen LogP contribution in [0.2, 0.25) is 0 Å². The largest absolute Gasteiger partial charge is 0.480 e. The van der Waals surface area contributed by atoms with E-state index in [-0.39, 0.29) is 36.8 Å². The van der Waals surface area contributed by atoms with Crippen LogP contribution in [0.1, 0.15) is 39.5 Å². The Hall–Kier alpha value is -2.89. The van der Waals surface area contributed by atoms with Gasteiger partial charge >= 0.3 is 5.97 Å². The lowest BCUT2D eigenvalue weighted by Gasteiger charge is -2.26. The van der Waals surface area contributed by atoms with Gasteiger partial charge < -0.3 is 37.8 Å². The van der Waals surface area contributed by atoms with Gasteiger partial charge in [-0.15, -0.1) is 0 Å². The minimum atomic E-state index is -1.20. The summed E-state index contributed by atoms with van der Waals surface area (Å²) in [5, 5.41) is 19.4. The van der Waals surface area contributed by atoms with Gasteiger partial charge in [0.25, 0.3) is 0 Å². The highest BCUT2D eigenvalue weighted by Gasteiger charge is 2.31. The summed E-state index contributed by atoms with van der Waals surface area (Å²) in [5.41, 5.74) is 10.5. The van der Waals surface area contributed by atoms with Crippen LogP contribution in [-0.2, 0) is 19.2 Å². The average Bonchev–Trinajstić information content (AvgIpc) is 3.20. The molecule has 0 saturated carbocycles. The fourth-order valence-electron chi connectivity index (χ4n) is 3.02. The van der Waals surface area contributed by atoms with Crippen LogP contribution < -0.4 is 32.7 Å². The Morgan fingerprint density at radius 3 is 2.40 bits per heavy atom. The van der Waals surface area contributed by atoms with Crippen molar-refractivity contribution >= 4 is 29.7 Å². The fourth-order valence-corrected chi connectivity index (χ4v) is 3.02. The highest BCUT2D eigenvalue weighted by atomic mass is 16.4. The van der Waals surface area contributed by atoms with Crippen molar-refractivity contribution in [1.82, 2.24) is 21.3 Å². The van der Waals surface area contributed by atoms with Crippen molar-refractivity contribution < 1.29 is 24.3 Å². The normalized spacial score (nSPS) is 17.6. The number of carbonyl (C=O) groups is 4. The molecular formula is C18H33N7O5. The van der Waals surface area contributed by atoms with Gasteiger partial charge in [-0.05, 0) is 38.1 Å². The van der Waals surface area contributed by atoms with Gasteiger partial charge in [-0.3, -0.25) is 24.2 Å². The lowest BCUT2D eigenvalue weighted by Crippen LogP contribution is -2.57. The first-order valence-electron chi connectivity index (χ1n) is 10.0. The molecule has 0 bridgehead atoms. The van der Waals surface area contributed by atoms with Crippen molar-refractivity contribution in [3.8, 4) is 0 Å². The third kappa shape index (κ3) is 9.07. The van der Waals surface area contributed by atoms with E-state index in [1.807, 2.05) is 0 Å². The van der Waals surface area contributed by atoms with Crippen molar-refractivity contribution in [2.24, 2.45) is 22.4 Å². The Labute approximate surface area is 175 Å². The molecule has 3 atom stereocenters. The van der Waals surface area contributed by atoms with Crippen LogP contribution in [-0.4, -0.2) is 72.5 Å². The fraction of sp³-hybridized carbons (Fsp3) is 0.722. The average molecular weight is 428 g/mol. The molecule has 0 radical (unpaired) electrons. The number of guanidine groups is 1. The number of aliphatic imine (C=N–C) groups is 1. The van der Waals surface area contributed by atoms with Gasteiger partial charge in [0.05, 0.1) is 6.04 Å². The van der Waals surface area contributed by atoms with Crippen molar-refractivity contribution in [2.75, 3.05) is 19.6 Å².